The molecule has 1 N–H and O–H groups in total. The summed E-state index contributed by atoms with van der Waals surface area (Å²) in [5.74, 6) is 0.473. The largest absolute Gasteiger partial charge is 0.283 e. The molecule has 112 valence electrons. The summed E-state index contributed by atoms with van der Waals surface area (Å²) in [7, 11) is -3.38. The summed E-state index contributed by atoms with van der Waals surface area (Å²) in [5, 5.41) is 0. The van der Waals surface area contributed by atoms with Crippen molar-refractivity contribution < 1.29 is 8.42 Å². The predicted molar refractivity (Wildman–Crippen MR) is 87.8 cm³/mol. The van der Waals surface area contributed by atoms with Crippen LogP contribution in [0.4, 0.5) is 5.69 Å². The lowest BCUT2D eigenvalue weighted by Gasteiger charge is -2.11. The lowest BCUT2D eigenvalue weighted by Crippen LogP contribution is -2.15. The van der Waals surface area contributed by atoms with Crippen molar-refractivity contribution in [3.8, 4) is 0 Å². The van der Waals surface area contributed by atoms with Crippen LogP contribution in [0.15, 0.2) is 54.6 Å². The van der Waals surface area contributed by atoms with Gasteiger partial charge in [0.05, 0.1) is 5.75 Å². The average Bonchev–Trinajstić information content (AvgIpc) is 2.47. The number of nitrogens with one attached hydrogen (secondary N) is 1. The Morgan fingerprint density at radius 3 is 2.19 bits per heavy atom. The van der Waals surface area contributed by atoms with Crippen LogP contribution in [0.1, 0.15) is 37.3 Å². The van der Waals surface area contributed by atoms with Crippen molar-refractivity contribution in [3.05, 3.63) is 65.7 Å². The van der Waals surface area contributed by atoms with Crippen LogP contribution in [-0.4, -0.2) is 8.42 Å². The normalized spacial score (nSPS) is 12.9. The van der Waals surface area contributed by atoms with Crippen LogP contribution in [0.5, 0.6) is 0 Å². The van der Waals surface area contributed by atoms with Gasteiger partial charge >= 0.3 is 0 Å². The molecule has 0 bridgehead atoms. The van der Waals surface area contributed by atoms with Gasteiger partial charge in [0.2, 0.25) is 10.0 Å². The highest BCUT2D eigenvalue weighted by molar-refractivity contribution is 7.91. The smallest absolute Gasteiger partial charge is 0.236 e. The van der Waals surface area contributed by atoms with E-state index in [9.17, 15) is 8.42 Å². The Labute approximate surface area is 127 Å². The van der Waals surface area contributed by atoms with Crippen LogP contribution in [0.3, 0.4) is 0 Å². The Morgan fingerprint density at radius 1 is 1.00 bits per heavy atom. The van der Waals surface area contributed by atoms with Crippen LogP contribution >= 0.6 is 0 Å². The first kappa shape index (κ1) is 15.6. The van der Waals surface area contributed by atoms with Crippen LogP contribution < -0.4 is 4.72 Å². The van der Waals surface area contributed by atoms with Gasteiger partial charge in [-0.3, -0.25) is 4.72 Å². The van der Waals surface area contributed by atoms with Crippen molar-refractivity contribution in [2.24, 2.45) is 0 Å². The molecule has 2 rings (SSSR count). The monoisotopic (exact) mass is 303 g/mol. The number of anilines is 1. The summed E-state index contributed by atoms with van der Waals surface area (Å²) >= 11 is 0. The third-order valence-electron chi connectivity index (χ3n) is 3.56. The standard InChI is InChI=1S/C17H21NO2S/c1-3-14(2)16-9-11-17(12-10-16)18-21(19,20)13-15-7-5-4-6-8-15/h4-12,14,18H,3,13H2,1-2H3/t14-/m0/s1. The van der Waals surface area contributed by atoms with Gasteiger partial charge < -0.3 is 0 Å². The second-order valence-electron chi connectivity index (χ2n) is 5.28. The van der Waals surface area contributed by atoms with E-state index in [1.807, 2.05) is 54.6 Å². The lowest BCUT2D eigenvalue weighted by molar-refractivity contribution is 0.600. The van der Waals surface area contributed by atoms with Gasteiger partial charge in [-0.05, 0) is 35.6 Å². The predicted octanol–water partition coefficient (Wildman–Crippen LogP) is 4.14. The number of rotatable bonds is 6. The summed E-state index contributed by atoms with van der Waals surface area (Å²) in [6.45, 7) is 4.30. The first-order valence-corrected chi connectivity index (χ1v) is 8.80. The number of hydrogen-bond acceptors (Lipinski definition) is 2. The van der Waals surface area contributed by atoms with Crippen LogP contribution in [-0.2, 0) is 15.8 Å². The minimum atomic E-state index is -3.38. The SMILES string of the molecule is CC[C@H](C)c1ccc(NS(=O)(=O)Cc2ccccc2)cc1. The van der Waals surface area contributed by atoms with Crippen molar-refractivity contribution in [3.63, 3.8) is 0 Å². The first-order valence-electron chi connectivity index (χ1n) is 7.14. The molecule has 4 heteroatoms. The quantitative estimate of drug-likeness (QED) is 0.871. The van der Waals surface area contributed by atoms with Gasteiger partial charge in [0, 0.05) is 5.69 Å². The Hall–Kier alpha value is -1.81. The van der Waals surface area contributed by atoms with E-state index < -0.39 is 10.0 Å². The van der Waals surface area contributed by atoms with Crippen molar-refractivity contribution in [1.82, 2.24) is 0 Å². The third-order valence-corrected chi connectivity index (χ3v) is 4.83. The van der Waals surface area contributed by atoms with E-state index in [1.165, 1.54) is 5.56 Å². The molecule has 0 amide bonds. The zero-order valence-electron chi connectivity index (χ0n) is 12.4. The minimum Gasteiger partial charge on any atom is -0.283 e. The highest BCUT2D eigenvalue weighted by Crippen LogP contribution is 2.21. The molecular weight excluding hydrogens is 282 g/mol. The molecule has 0 aliphatic rings. The molecule has 0 aliphatic heterocycles. The molecule has 0 saturated carbocycles. The van der Waals surface area contributed by atoms with Crippen molar-refractivity contribution in [2.45, 2.75) is 31.9 Å². The van der Waals surface area contributed by atoms with Gasteiger partial charge in [-0.25, -0.2) is 8.42 Å². The van der Waals surface area contributed by atoms with Gasteiger partial charge in [0.1, 0.15) is 0 Å². The fraction of sp³-hybridized carbons (Fsp3) is 0.294. The fourth-order valence-corrected chi connectivity index (χ4v) is 3.32. The molecule has 0 aliphatic carbocycles. The first-order chi connectivity index (χ1) is 10.00. The average molecular weight is 303 g/mol. The van der Waals surface area contributed by atoms with Crippen LogP contribution in [0.25, 0.3) is 0 Å². The Morgan fingerprint density at radius 2 is 1.62 bits per heavy atom. The van der Waals surface area contributed by atoms with Crippen molar-refractivity contribution in [1.29, 1.82) is 0 Å². The van der Waals surface area contributed by atoms with E-state index in [0.29, 0.717) is 11.6 Å². The topological polar surface area (TPSA) is 46.2 Å². The molecule has 0 fully saturated rings. The molecule has 3 nitrogen and oxygen atoms in total. The van der Waals surface area contributed by atoms with Crippen molar-refractivity contribution >= 4 is 15.7 Å². The summed E-state index contributed by atoms with van der Waals surface area (Å²) in [6, 6.07) is 16.8. The number of hydrogen-bond donors (Lipinski definition) is 1. The van der Waals surface area contributed by atoms with Gasteiger partial charge in [-0.1, -0.05) is 56.3 Å². The summed E-state index contributed by atoms with van der Waals surface area (Å²) in [5.41, 5.74) is 2.61. The highest BCUT2D eigenvalue weighted by atomic mass is 32.2. The molecule has 0 spiro atoms. The maximum atomic E-state index is 12.1. The van der Waals surface area contributed by atoms with Gasteiger partial charge in [-0.2, -0.15) is 0 Å². The number of benzene rings is 2. The summed E-state index contributed by atoms with van der Waals surface area (Å²) in [6.07, 6.45) is 1.07. The third kappa shape index (κ3) is 4.60. The molecular formula is C17H21NO2S. The van der Waals surface area contributed by atoms with E-state index in [4.69, 9.17) is 0 Å². The number of sulfonamides is 1. The fourth-order valence-electron chi connectivity index (χ4n) is 2.12. The molecule has 2 aromatic rings. The summed E-state index contributed by atoms with van der Waals surface area (Å²) < 4.78 is 26.9. The zero-order valence-corrected chi connectivity index (χ0v) is 13.2. The zero-order chi connectivity index (χ0) is 15.3. The molecule has 2 aromatic carbocycles. The van der Waals surface area contributed by atoms with Crippen LogP contribution in [0.2, 0.25) is 0 Å². The second-order valence-corrected chi connectivity index (χ2v) is 7.00. The van der Waals surface area contributed by atoms with Gasteiger partial charge in [0.15, 0.2) is 0 Å². The maximum absolute atomic E-state index is 12.1. The molecule has 0 radical (unpaired) electrons. The second kappa shape index (κ2) is 6.76. The highest BCUT2D eigenvalue weighted by Gasteiger charge is 2.12. The van der Waals surface area contributed by atoms with E-state index >= 15 is 0 Å². The molecule has 0 saturated heterocycles. The molecule has 21 heavy (non-hydrogen) atoms. The Balaban J connectivity index is 2.06. The molecule has 1 atom stereocenters. The minimum absolute atomic E-state index is 0.0129. The maximum Gasteiger partial charge on any atom is 0.236 e. The van der Waals surface area contributed by atoms with E-state index in [-0.39, 0.29) is 5.75 Å². The van der Waals surface area contributed by atoms with Crippen LogP contribution in [0, 0.1) is 0 Å². The van der Waals surface area contributed by atoms with Crippen molar-refractivity contribution in [2.75, 3.05) is 4.72 Å². The van der Waals surface area contributed by atoms with Gasteiger partial charge in [-0.15, -0.1) is 0 Å². The Bertz CT molecular complexity index is 664. The van der Waals surface area contributed by atoms with E-state index in [0.717, 1.165) is 12.0 Å². The van der Waals surface area contributed by atoms with E-state index in [1.54, 1.807) is 0 Å². The lowest BCUT2D eigenvalue weighted by atomic mass is 9.99. The molecule has 0 heterocycles. The molecule has 0 aromatic heterocycles. The van der Waals surface area contributed by atoms with Gasteiger partial charge in [0.25, 0.3) is 0 Å². The molecule has 0 unspecified atom stereocenters. The Kier molecular flexibility index (Phi) is 5.02. The van der Waals surface area contributed by atoms with E-state index in [2.05, 4.69) is 18.6 Å². The summed E-state index contributed by atoms with van der Waals surface area (Å²) in [4.78, 5) is 0.